The number of hydrogen-bond donors (Lipinski definition) is 0. The molecule has 2 aliphatic rings. The van der Waals surface area contributed by atoms with Crippen LogP contribution >= 0.6 is 0 Å². The average molecular weight is 368 g/mol. The van der Waals surface area contributed by atoms with Crippen LogP contribution in [0.2, 0.25) is 0 Å². The fourth-order valence-corrected chi connectivity index (χ4v) is 4.80. The van der Waals surface area contributed by atoms with E-state index in [1.807, 2.05) is 79.8 Å². The van der Waals surface area contributed by atoms with Gasteiger partial charge < -0.3 is 9.80 Å². The van der Waals surface area contributed by atoms with E-state index in [2.05, 4.69) is 12.1 Å². The van der Waals surface area contributed by atoms with Crippen molar-refractivity contribution >= 4 is 17.5 Å². The van der Waals surface area contributed by atoms with Gasteiger partial charge in [-0.05, 0) is 29.3 Å². The van der Waals surface area contributed by atoms with Crippen LogP contribution in [-0.4, -0.2) is 30.3 Å². The molecule has 1 spiro atoms. The van der Waals surface area contributed by atoms with Crippen molar-refractivity contribution in [3.05, 3.63) is 102 Å². The number of likely N-dealkylation sites (N-methyl/N-ethyl adjacent to an activating group) is 1. The van der Waals surface area contributed by atoms with E-state index >= 15 is 0 Å². The highest BCUT2D eigenvalue weighted by molar-refractivity contribution is 6.11. The summed E-state index contributed by atoms with van der Waals surface area (Å²) in [5, 5.41) is 0. The lowest BCUT2D eigenvalue weighted by Crippen LogP contribution is -2.66. The minimum absolute atomic E-state index is 0.0668. The van der Waals surface area contributed by atoms with Crippen molar-refractivity contribution in [3.8, 4) is 0 Å². The van der Waals surface area contributed by atoms with Crippen molar-refractivity contribution in [2.24, 2.45) is 0 Å². The zero-order chi connectivity index (χ0) is 19.3. The third-order valence-corrected chi connectivity index (χ3v) is 6.02. The van der Waals surface area contributed by atoms with Gasteiger partial charge in [-0.25, -0.2) is 0 Å². The van der Waals surface area contributed by atoms with Gasteiger partial charge in [0.25, 0.3) is 5.91 Å². The molecular formula is C24H20N2O2. The predicted molar refractivity (Wildman–Crippen MR) is 108 cm³/mol. The van der Waals surface area contributed by atoms with Gasteiger partial charge in [-0.2, -0.15) is 0 Å². The van der Waals surface area contributed by atoms with Gasteiger partial charge in [-0.15, -0.1) is 0 Å². The first-order chi connectivity index (χ1) is 13.6. The Bertz CT molecular complexity index is 1060. The van der Waals surface area contributed by atoms with Crippen LogP contribution in [0, 0.1) is 0 Å². The van der Waals surface area contributed by atoms with E-state index in [4.69, 9.17) is 0 Å². The first-order valence-corrected chi connectivity index (χ1v) is 9.43. The monoisotopic (exact) mass is 368 g/mol. The van der Waals surface area contributed by atoms with Crippen molar-refractivity contribution in [2.75, 3.05) is 18.5 Å². The third-order valence-electron chi connectivity index (χ3n) is 6.02. The largest absolute Gasteiger partial charge is 0.336 e. The van der Waals surface area contributed by atoms with Crippen LogP contribution in [0.4, 0.5) is 5.69 Å². The van der Waals surface area contributed by atoms with E-state index in [0.717, 1.165) is 16.8 Å². The molecule has 0 aliphatic carbocycles. The van der Waals surface area contributed by atoms with Gasteiger partial charge in [-0.1, -0.05) is 66.7 Å². The number of rotatable bonds is 2. The van der Waals surface area contributed by atoms with E-state index in [-0.39, 0.29) is 17.9 Å². The Morgan fingerprint density at radius 3 is 2.21 bits per heavy atom. The standard InChI is InChI=1S/C24H20N2O2/c1-25-21(17-10-4-2-5-11-17)24(23(25)28)16-26(20-15-9-8-14-19(20)24)22(27)18-12-6-3-7-13-18/h2-15,21H,16H2,1H3/t21-,24-/m0/s1. The zero-order valence-corrected chi connectivity index (χ0v) is 15.6. The van der Waals surface area contributed by atoms with Gasteiger partial charge >= 0.3 is 0 Å². The fourth-order valence-electron chi connectivity index (χ4n) is 4.80. The molecule has 138 valence electrons. The first-order valence-electron chi connectivity index (χ1n) is 9.43. The third kappa shape index (κ3) is 2.12. The molecule has 28 heavy (non-hydrogen) atoms. The molecule has 5 rings (SSSR count). The number of nitrogens with zero attached hydrogens (tertiary/aromatic N) is 2. The Kier molecular flexibility index (Phi) is 3.63. The van der Waals surface area contributed by atoms with Crippen molar-refractivity contribution in [1.29, 1.82) is 0 Å². The van der Waals surface area contributed by atoms with Gasteiger partial charge in [0, 0.05) is 24.8 Å². The van der Waals surface area contributed by atoms with E-state index in [1.165, 1.54) is 0 Å². The molecule has 0 unspecified atom stereocenters. The molecule has 2 aliphatic heterocycles. The predicted octanol–water partition coefficient (Wildman–Crippen LogP) is 3.80. The molecule has 0 bridgehead atoms. The SMILES string of the molecule is CN1C(=O)[C@]2(CN(C(=O)c3ccccc3)c3ccccc32)[C@@H]1c1ccccc1. The number of carbonyl (C=O) groups is 2. The summed E-state index contributed by atoms with van der Waals surface area (Å²) in [6.45, 7) is 0.364. The number of carbonyl (C=O) groups excluding carboxylic acids is 2. The number of hydrogen-bond acceptors (Lipinski definition) is 2. The van der Waals surface area contributed by atoms with E-state index in [0.29, 0.717) is 12.1 Å². The lowest BCUT2D eigenvalue weighted by molar-refractivity contribution is -0.157. The van der Waals surface area contributed by atoms with E-state index in [9.17, 15) is 9.59 Å². The lowest BCUT2D eigenvalue weighted by Gasteiger charge is -2.53. The van der Waals surface area contributed by atoms with Gasteiger partial charge in [0.2, 0.25) is 5.91 Å². The van der Waals surface area contributed by atoms with Gasteiger partial charge in [0.1, 0.15) is 5.41 Å². The molecule has 1 saturated heterocycles. The molecule has 2 heterocycles. The molecule has 0 radical (unpaired) electrons. The summed E-state index contributed by atoms with van der Waals surface area (Å²) < 4.78 is 0. The quantitative estimate of drug-likeness (QED) is 0.646. The number of likely N-dealkylation sites (tertiary alicyclic amines) is 1. The number of amides is 2. The van der Waals surface area contributed by atoms with Crippen molar-refractivity contribution in [3.63, 3.8) is 0 Å². The Morgan fingerprint density at radius 2 is 1.50 bits per heavy atom. The van der Waals surface area contributed by atoms with Crippen molar-refractivity contribution in [1.82, 2.24) is 4.90 Å². The summed E-state index contributed by atoms with van der Waals surface area (Å²) >= 11 is 0. The van der Waals surface area contributed by atoms with Gasteiger partial charge in [0.15, 0.2) is 0 Å². The fraction of sp³-hybridized carbons (Fsp3) is 0.167. The minimum atomic E-state index is -0.725. The first kappa shape index (κ1) is 16.8. The highest BCUT2D eigenvalue weighted by Gasteiger charge is 2.65. The summed E-state index contributed by atoms with van der Waals surface area (Å²) in [6, 6.07) is 27.1. The topological polar surface area (TPSA) is 40.6 Å². The molecule has 0 saturated carbocycles. The lowest BCUT2D eigenvalue weighted by atomic mass is 9.65. The summed E-state index contributed by atoms with van der Waals surface area (Å²) in [5.41, 5.74) is 2.77. The van der Waals surface area contributed by atoms with Gasteiger partial charge in [0.05, 0.1) is 6.04 Å². The van der Waals surface area contributed by atoms with Crippen LogP contribution in [0.25, 0.3) is 0 Å². The molecule has 0 N–H and O–H groups in total. The smallest absolute Gasteiger partial charge is 0.258 e. The maximum atomic E-state index is 13.3. The van der Waals surface area contributed by atoms with Crippen molar-refractivity contribution < 1.29 is 9.59 Å². The second kappa shape index (κ2) is 6.06. The van der Waals surface area contributed by atoms with Crippen LogP contribution in [0.1, 0.15) is 27.5 Å². The number of benzene rings is 3. The van der Waals surface area contributed by atoms with Crippen LogP contribution in [-0.2, 0) is 10.2 Å². The van der Waals surface area contributed by atoms with Crippen LogP contribution in [0.15, 0.2) is 84.9 Å². The molecular weight excluding hydrogens is 348 g/mol. The Hall–Kier alpha value is -3.40. The zero-order valence-electron chi connectivity index (χ0n) is 15.6. The average Bonchev–Trinajstić information content (AvgIpc) is 3.12. The summed E-state index contributed by atoms with van der Waals surface area (Å²) in [4.78, 5) is 30.1. The maximum absolute atomic E-state index is 13.3. The minimum Gasteiger partial charge on any atom is -0.336 e. The molecule has 4 nitrogen and oxygen atoms in total. The normalized spacial score (nSPS) is 22.9. The molecule has 1 fully saturated rings. The van der Waals surface area contributed by atoms with Crippen molar-refractivity contribution in [2.45, 2.75) is 11.5 Å². The summed E-state index contributed by atoms with van der Waals surface area (Å²) in [6.07, 6.45) is 0. The van der Waals surface area contributed by atoms with E-state index < -0.39 is 5.41 Å². The molecule has 3 aromatic carbocycles. The molecule has 3 aromatic rings. The number of anilines is 1. The van der Waals surface area contributed by atoms with E-state index in [1.54, 1.807) is 9.80 Å². The van der Waals surface area contributed by atoms with Crippen LogP contribution < -0.4 is 4.90 Å². The molecule has 2 atom stereocenters. The maximum Gasteiger partial charge on any atom is 0.258 e. The van der Waals surface area contributed by atoms with Crippen LogP contribution in [0.3, 0.4) is 0 Å². The number of β-lactam (4-membered cyclic amide) rings is 1. The second-order valence-electron chi connectivity index (χ2n) is 7.48. The second-order valence-corrected chi connectivity index (χ2v) is 7.48. The van der Waals surface area contributed by atoms with Gasteiger partial charge in [-0.3, -0.25) is 9.59 Å². The Labute approximate surface area is 164 Å². The highest BCUT2D eigenvalue weighted by Crippen LogP contribution is 2.57. The number of para-hydroxylation sites is 1. The molecule has 4 heteroatoms. The van der Waals surface area contributed by atoms with Crippen LogP contribution in [0.5, 0.6) is 0 Å². The summed E-state index contributed by atoms with van der Waals surface area (Å²) in [7, 11) is 1.84. The molecule has 2 amide bonds. The highest BCUT2D eigenvalue weighted by atomic mass is 16.2. The Morgan fingerprint density at radius 1 is 0.893 bits per heavy atom. The summed E-state index contributed by atoms with van der Waals surface area (Å²) in [5.74, 6) is -0.00347. The Balaban J connectivity index is 1.64. The molecule has 0 aromatic heterocycles. The number of fused-ring (bicyclic) bond motifs is 2.